The van der Waals surface area contributed by atoms with Crippen LogP contribution in [0.1, 0.15) is 39.5 Å². The second kappa shape index (κ2) is 6.86. The van der Waals surface area contributed by atoms with Crippen LogP contribution in [0.2, 0.25) is 0 Å². The van der Waals surface area contributed by atoms with Crippen molar-refractivity contribution >= 4 is 5.91 Å². The lowest BCUT2D eigenvalue weighted by Crippen LogP contribution is -2.45. The summed E-state index contributed by atoms with van der Waals surface area (Å²) in [5, 5.41) is 3.09. The van der Waals surface area contributed by atoms with Crippen LogP contribution in [0.3, 0.4) is 0 Å². The Morgan fingerprint density at radius 1 is 1.62 bits per heavy atom. The predicted octanol–water partition coefficient (Wildman–Crippen LogP) is 1.05. The molecule has 0 bridgehead atoms. The number of carbonyl (C=O) groups is 1. The SMILES string of the molecule is CCCC(CN)C(=O)NC1CCOC(C)C1. The second-order valence-electron chi connectivity index (χ2n) is 4.63. The zero-order valence-electron chi connectivity index (χ0n) is 10.4. The lowest BCUT2D eigenvalue weighted by molar-refractivity contribution is -0.126. The van der Waals surface area contributed by atoms with E-state index in [1.807, 2.05) is 6.92 Å². The summed E-state index contributed by atoms with van der Waals surface area (Å²) >= 11 is 0. The molecule has 4 heteroatoms. The van der Waals surface area contributed by atoms with Gasteiger partial charge in [0.2, 0.25) is 5.91 Å². The molecule has 0 saturated carbocycles. The quantitative estimate of drug-likeness (QED) is 0.739. The van der Waals surface area contributed by atoms with E-state index in [4.69, 9.17) is 10.5 Å². The summed E-state index contributed by atoms with van der Waals surface area (Å²) in [4.78, 5) is 11.9. The van der Waals surface area contributed by atoms with E-state index in [9.17, 15) is 4.79 Å². The van der Waals surface area contributed by atoms with Gasteiger partial charge in [-0.05, 0) is 26.2 Å². The molecule has 0 aliphatic carbocycles. The minimum atomic E-state index is -0.0249. The summed E-state index contributed by atoms with van der Waals surface area (Å²) in [7, 11) is 0. The van der Waals surface area contributed by atoms with Crippen LogP contribution in [0.25, 0.3) is 0 Å². The molecule has 1 saturated heterocycles. The van der Waals surface area contributed by atoms with E-state index in [-0.39, 0.29) is 24.0 Å². The van der Waals surface area contributed by atoms with Gasteiger partial charge in [0.25, 0.3) is 0 Å². The van der Waals surface area contributed by atoms with E-state index >= 15 is 0 Å². The maximum atomic E-state index is 11.9. The molecule has 0 spiro atoms. The Bertz CT molecular complexity index is 221. The monoisotopic (exact) mass is 228 g/mol. The van der Waals surface area contributed by atoms with Gasteiger partial charge in [-0.3, -0.25) is 4.79 Å². The third-order valence-electron chi connectivity index (χ3n) is 3.12. The molecule has 0 aromatic carbocycles. The van der Waals surface area contributed by atoms with E-state index < -0.39 is 0 Å². The minimum Gasteiger partial charge on any atom is -0.378 e. The summed E-state index contributed by atoms with van der Waals surface area (Å²) in [6, 6.07) is 0.266. The first-order valence-electron chi connectivity index (χ1n) is 6.29. The molecule has 3 N–H and O–H groups in total. The van der Waals surface area contributed by atoms with Crippen molar-refractivity contribution in [1.29, 1.82) is 0 Å². The Morgan fingerprint density at radius 2 is 2.38 bits per heavy atom. The second-order valence-corrected chi connectivity index (χ2v) is 4.63. The summed E-state index contributed by atoms with van der Waals surface area (Å²) in [5.74, 6) is 0.0894. The van der Waals surface area contributed by atoms with Gasteiger partial charge in [-0.25, -0.2) is 0 Å². The Balaban J connectivity index is 2.36. The summed E-state index contributed by atoms with van der Waals surface area (Å²) in [6.07, 6.45) is 3.96. The van der Waals surface area contributed by atoms with Gasteiger partial charge in [0, 0.05) is 19.2 Å². The van der Waals surface area contributed by atoms with Crippen LogP contribution in [0.15, 0.2) is 0 Å². The molecule has 4 nitrogen and oxygen atoms in total. The molecule has 0 aromatic rings. The Morgan fingerprint density at radius 3 is 2.94 bits per heavy atom. The smallest absolute Gasteiger partial charge is 0.224 e. The highest BCUT2D eigenvalue weighted by molar-refractivity contribution is 5.79. The molecule has 0 aromatic heterocycles. The summed E-state index contributed by atoms with van der Waals surface area (Å²) < 4.78 is 5.45. The number of amides is 1. The van der Waals surface area contributed by atoms with Crippen LogP contribution < -0.4 is 11.1 Å². The molecular weight excluding hydrogens is 204 g/mol. The van der Waals surface area contributed by atoms with Gasteiger partial charge in [0.15, 0.2) is 0 Å². The van der Waals surface area contributed by atoms with Gasteiger partial charge in [-0.1, -0.05) is 13.3 Å². The van der Waals surface area contributed by atoms with Crippen LogP contribution in [0.5, 0.6) is 0 Å². The normalized spacial score (nSPS) is 27.4. The standard InChI is InChI=1S/C12H24N2O2/c1-3-4-10(8-13)12(15)14-11-5-6-16-9(2)7-11/h9-11H,3-8,13H2,1-2H3,(H,14,15). The molecular formula is C12H24N2O2. The van der Waals surface area contributed by atoms with E-state index in [0.717, 1.165) is 32.3 Å². The highest BCUT2D eigenvalue weighted by atomic mass is 16.5. The van der Waals surface area contributed by atoms with Crippen LogP contribution >= 0.6 is 0 Å². The topological polar surface area (TPSA) is 64.4 Å². The average Bonchev–Trinajstić information content (AvgIpc) is 2.25. The first-order chi connectivity index (χ1) is 7.67. The molecule has 1 aliphatic heterocycles. The van der Waals surface area contributed by atoms with Crippen LogP contribution in [0.4, 0.5) is 0 Å². The zero-order valence-corrected chi connectivity index (χ0v) is 10.4. The minimum absolute atomic E-state index is 0.0249. The van der Waals surface area contributed by atoms with Crippen molar-refractivity contribution in [3.63, 3.8) is 0 Å². The fourth-order valence-corrected chi connectivity index (χ4v) is 2.15. The van der Waals surface area contributed by atoms with Gasteiger partial charge in [0.05, 0.1) is 12.0 Å². The maximum Gasteiger partial charge on any atom is 0.224 e. The number of carbonyl (C=O) groups excluding carboxylic acids is 1. The molecule has 3 unspecified atom stereocenters. The van der Waals surface area contributed by atoms with Crippen molar-refractivity contribution in [2.24, 2.45) is 11.7 Å². The van der Waals surface area contributed by atoms with Gasteiger partial charge in [0.1, 0.15) is 0 Å². The van der Waals surface area contributed by atoms with Crippen molar-refractivity contribution < 1.29 is 9.53 Å². The molecule has 1 amide bonds. The maximum absolute atomic E-state index is 11.9. The first-order valence-corrected chi connectivity index (χ1v) is 6.29. The molecule has 3 atom stereocenters. The molecule has 16 heavy (non-hydrogen) atoms. The lowest BCUT2D eigenvalue weighted by Gasteiger charge is -2.29. The van der Waals surface area contributed by atoms with Crippen molar-refractivity contribution in [2.75, 3.05) is 13.2 Å². The largest absolute Gasteiger partial charge is 0.378 e. The fourth-order valence-electron chi connectivity index (χ4n) is 2.15. The van der Waals surface area contributed by atoms with E-state index in [0.29, 0.717) is 6.54 Å². The predicted molar refractivity (Wildman–Crippen MR) is 64.0 cm³/mol. The van der Waals surface area contributed by atoms with Gasteiger partial charge >= 0.3 is 0 Å². The summed E-state index contributed by atoms with van der Waals surface area (Å²) in [5.41, 5.74) is 5.61. The first kappa shape index (κ1) is 13.5. The highest BCUT2D eigenvalue weighted by Crippen LogP contribution is 2.14. The van der Waals surface area contributed by atoms with Crippen molar-refractivity contribution in [3.05, 3.63) is 0 Å². The number of nitrogens with two attached hydrogens (primary N) is 1. The molecule has 94 valence electrons. The Labute approximate surface area is 97.9 Å². The van der Waals surface area contributed by atoms with Crippen LogP contribution in [0, 0.1) is 5.92 Å². The lowest BCUT2D eigenvalue weighted by atomic mass is 10.00. The Hall–Kier alpha value is -0.610. The molecule has 1 fully saturated rings. The third kappa shape index (κ3) is 4.10. The molecule has 1 rings (SSSR count). The average molecular weight is 228 g/mol. The van der Waals surface area contributed by atoms with E-state index in [2.05, 4.69) is 12.2 Å². The molecule has 1 heterocycles. The number of ether oxygens (including phenoxy) is 1. The Kier molecular flexibility index (Phi) is 5.77. The van der Waals surface area contributed by atoms with E-state index in [1.165, 1.54) is 0 Å². The van der Waals surface area contributed by atoms with E-state index in [1.54, 1.807) is 0 Å². The number of rotatable bonds is 5. The molecule has 1 aliphatic rings. The van der Waals surface area contributed by atoms with Crippen LogP contribution in [-0.2, 0) is 9.53 Å². The van der Waals surface area contributed by atoms with Crippen molar-refractivity contribution in [3.8, 4) is 0 Å². The van der Waals surface area contributed by atoms with Crippen molar-refractivity contribution in [2.45, 2.75) is 51.7 Å². The number of hydrogen-bond acceptors (Lipinski definition) is 3. The molecule has 0 radical (unpaired) electrons. The van der Waals surface area contributed by atoms with Gasteiger partial charge < -0.3 is 15.8 Å². The number of nitrogens with one attached hydrogen (secondary N) is 1. The van der Waals surface area contributed by atoms with Crippen LogP contribution in [-0.4, -0.2) is 31.2 Å². The fraction of sp³-hybridized carbons (Fsp3) is 0.917. The van der Waals surface area contributed by atoms with Gasteiger partial charge in [-0.2, -0.15) is 0 Å². The highest BCUT2D eigenvalue weighted by Gasteiger charge is 2.23. The zero-order chi connectivity index (χ0) is 12.0. The number of hydrogen-bond donors (Lipinski definition) is 2. The van der Waals surface area contributed by atoms with Gasteiger partial charge in [-0.15, -0.1) is 0 Å². The van der Waals surface area contributed by atoms with Crippen molar-refractivity contribution in [1.82, 2.24) is 5.32 Å². The summed E-state index contributed by atoms with van der Waals surface area (Å²) in [6.45, 7) is 5.31. The third-order valence-corrected chi connectivity index (χ3v) is 3.12.